The molecule has 1 atom stereocenters. The molecular weight excluding hydrogens is 284 g/mol. The second-order valence-corrected chi connectivity index (χ2v) is 7.04. The minimum Gasteiger partial charge on any atom is -0.361 e. The molecule has 0 saturated carbocycles. The number of nitrogens with one attached hydrogen (secondary N) is 1. The topological polar surface area (TPSA) is 36.1 Å². The molecule has 1 aliphatic rings. The smallest absolute Gasteiger partial charge is 0.219 e. The van der Waals surface area contributed by atoms with Crippen LogP contribution < -0.4 is 0 Å². The molecule has 1 N–H and O–H groups in total. The lowest BCUT2D eigenvalue weighted by Gasteiger charge is -2.45. The van der Waals surface area contributed by atoms with E-state index in [4.69, 9.17) is 11.6 Å². The van der Waals surface area contributed by atoms with E-state index in [0.29, 0.717) is 5.92 Å². The molecule has 2 aromatic rings. The molecule has 3 rings (SSSR count). The molecule has 1 aliphatic heterocycles. The highest BCUT2D eigenvalue weighted by atomic mass is 35.5. The predicted octanol–water partition coefficient (Wildman–Crippen LogP) is 4.33. The van der Waals surface area contributed by atoms with Gasteiger partial charge < -0.3 is 9.88 Å². The van der Waals surface area contributed by atoms with E-state index < -0.39 is 0 Å². The first-order valence-corrected chi connectivity index (χ1v) is 7.81. The van der Waals surface area contributed by atoms with Gasteiger partial charge in [-0.1, -0.05) is 11.6 Å². The summed E-state index contributed by atoms with van der Waals surface area (Å²) in [5.74, 6) is 0.601. The van der Waals surface area contributed by atoms with Crippen molar-refractivity contribution < 1.29 is 4.79 Å². The zero-order valence-corrected chi connectivity index (χ0v) is 13.5. The average molecular weight is 305 g/mol. The average Bonchev–Trinajstić information content (AvgIpc) is 2.83. The van der Waals surface area contributed by atoms with Gasteiger partial charge in [0.1, 0.15) is 0 Å². The monoisotopic (exact) mass is 304 g/mol. The Bertz CT molecular complexity index is 689. The number of carbonyl (C=O) groups is 1. The van der Waals surface area contributed by atoms with Crippen LogP contribution >= 0.6 is 11.6 Å². The largest absolute Gasteiger partial charge is 0.361 e. The third kappa shape index (κ3) is 2.55. The number of hydrogen-bond acceptors (Lipinski definition) is 1. The van der Waals surface area contributed by atoms with Gasteiger partial charge in [0, 0.05) is 41.1 Å². The van der Waals surface area contributed by atoms with Gasteiger partial charge in [-0.3, -0.25) is 4.79 Å². The number of aromatic nitrogens is 1. The maximum atomic E-state index is 11.8. The zero-order chi connectivity index (χ0) is 15.2. The van der Waals surface area contributed by atoms with Crippen molar-refractivity contribution in [1.82, 2.24) is 9.88 Å². The molecule has 0 radical (unpaired) electrons. The van der Waals surface area contributed by atoms with E-state index in [1.165, 1.54) is 10.9 Å². The Morgan fingerprint density at radius 3 is 2.86 bits per heavy atom. The van der Waals surface area contributed by atoms with Crippen LogP contribution in [0.15, 0.2) is 24.4 Å². The van der Waals surface area contributed by atoms with Crippen molar-refractivity contribution in [2.45, 2.75) is 45.1 Å². The number of piperidine rings is 1. The van der Waals surface area contributed by atoms with Crippen molar-refractivity contribution >= 4 is 28.4 Å². The fraction of sp³-hybridized carbons (Fsp3) is 0.471. The summed E-state index contributed by atoms with van der Waals surface area (Å²) < 4.78 is 0. The van der Waals surface area contributed by atoms with Gasteiger partial charge in [0.15, 0.2) is 0 Å². The molecule has 1 saturated heterocycles. The predicted molar refractivity (Wildman–Crippen MR) is 86.7 cm³/mol. The standard InChI is InChI=1S/C17H21ClN2O/c1-11(21)20-7-5-12(10-17(20,2)3)15-8-13(18)9-16-14(15)4-6-19-16/h4,6,8-9,12,19H,5,7,10H2,1-3H3. The van der Waals surface area contributed by atoms with E-state index in [9.17, 15) is 4.79 Å². The van der Waals surface area contributed by atoms with Crippen molar-refractivity contribution in [3.63, 3.8) is 0 Å². The van der Waals surface area contributed by atoms with Gasteiger partial charge in [0.2, 0.25) is 5.91 Å². The third-order valence-corrected chi connectivity index (χ3v) is 4.88. The first-order valence-electron chi connectivity index (χ1n) is 7.43. The number of likely N-dealkylation sites (tertiary alicyclic amines) is 1. The highest BCUT2D eigenvalue weighted by Crippen LogP contribution is 2.40. The second-order valence-electron chi connectivity index (χ2n) is 6.61. The Morgan fingerprint density at radius 2 is 2.19 bits per heavy atom. The van der Waals surface area contributed by atoms with Crippen LogP contribution in [-0.2, 0) is 4.79 Å². The molecule has 1 aromatic carbocycles. The van der Waals surface area contributed by atoms with Crippen molar-refractivity contribution in [3.05, 3.63) is 35.0 Å². The van der Waals surface area contributed by atoms with E-state index >= 15 is 0 Å². The first kappa shape index (κ1) is 14.5. The highest BCUT2D eigenvalue weighted by molar-refractivity contribution is 6.31. The van der Waals surface area contributed by atoms with Crippen LogP contribution in [-0.4, -0.2) is 27.9 Å². The Balaban J connectivity index is 1.97. The van der Waals surface area contributed by atoms with Crippen LogP contribution in [0.25, 0.3) is 10.9 Å². The van der Waals surface area contributed by atoms with Gasteiger partial charge in [-0.2, -0.15) is 0 Å². The number of aromatic amines is 1. The molecule has 2 heterocycles. The lowest BCUT2D eigenvalue weighted by Crippen LogP contribution is -2.51. The Morgan fingerprint density at radius 1 is 1.43 bits per heavy atom. The third-order valence-electron chi connectivity index (χ3n) is 4.66. The summed E-state index contributed by atoms with van der Waals surface area (Å²) in [5, 5.41) is 2.02. The summed E-state index contributed by atoms with van der Waals surface area (Å²) in [5.41, 5.74) is 2.28. The van der Waals surface area contributed by atoms with Gasteiger partial charge in [-0.15, -0.1) is 0 Å². The SMILES string of the molecule is CC(=O)N1CCC(c2cc(Cl)cc3[nH]ccc23)CC1(C)C. The Kier molecular flexibility index (Phi) is 3.48. The number of H-pyrrole nitrogens is 1. The lowest BCUT2D eigenvalue weighted by molar-refractivity contribution is -0.136. The summed E-state index contributed by atoms with van der Waals surface area (Å²) in [6.45, 7) is 6.77. The van der Waals surface area contributed by atoms with Crippen LogP contribution in [0.1, 0.15) is 45.1 Å². The summed E-state index contributed by atoms with van der Waals surface area (Å²) in [7, 11) is 0. The van der Waals surface area contributed by atoms with Gasteiger partial charge >= 0.3 is 0 Å². The zero-order valence-electron chi connectivity index (χ0n) is 12.7. The summed E-state index contributed by atoms with van der Waals surface area (Å²) in [6, 6.07) is 6.17. The normalized spacial score (nSPS) is 21.7. The Labute approximate surface area is 130 Å². The number of amides is 1. The fourth-order valence-electron chi connectivity index (χ4n) is 3.75. The van der Waals surface area contributed by atoms with E-state index in [1.54, 1.807) is 6.92 Å². The molecule has 1 unspecified atom stereocenters. The van der Waals surface area contributed by atoms with E-state index in [2.05, 4.69) is 31.0 Å². The number of benzene rings is 1. The molecule has 1 fully saturated rings. The number of fused-ring (bicyclic) bond motifs is 1. The van der Waals surface area contributed by atoms with Gasteiger partial charge in [-0.05, 0) is 56.4 Å². The molecule has 112 valence electrons. The molecule has 21 heavy (non-hydrogen) atoms. The summed E-state index contributed by atoms with van der Waals surface area (Å²) in [6.07, 6.45) is 3.91. The molecule has 1 aromatic heterocycles. The minimum atomic E-state index is -0.111. The maximum absolute atomic E-state index is 11.8. The van der Waals surface area contributed by atoms with Crippen LogP contribution in [0, 0.1) is 0 Å². The first-order chi connectivity index (χ1) is 9.88. The summed E-state index contributed by atoms with van der Waals surface area (Å²) >= 11 is 6.27. The number of hydrogen-bond donors (Lipinski definition) is 1. The molecule has 0 aliphatic carbocycles. The molecule has 3 nitrogen and oxygen atoms in total. The maximum Gasteiger partial charge on any atom is 0.219 e. The molecule has 0 bridgehead atoms. The number of rotatable bonds is 1. The minimum absolute atomic E-state index is 0.111. The van der Waals surface area contributed by atoms with Crippen molar-refractivity contribution in [2.24, 2.45) is 0 Å². The fourth-order valence-corrected chi connectivity index (χ4v) is 3.98. The number of carbonyl (C=O) groups excluding carboxylic acids is 1. The van der Waals surface area contributed by atoms with Crippen LogP contribution in [0.3, 0.4) is 0 Å². The van der Waals surface area contributed by atoms with Crippen LogP contribution in [0.4, 0.5) is 0 Å². The quantitative estimate of drug-likeness (QED) is 0.836. The molecular formula is C17H21ClN2O. The van der Waals surface area contributed by atoms with Crippen molar-refractivity contribution in [3.8, 4) is 0 Å². The Hall–Kier alpha value is -1.48. The van der Waals surface area contributed by atoms with Crippen LogP contribution in [0.2, 0.25) is 5.02 Å². The van der Waals surface area contributed by atoms with E-state index in [0.717, 1.165) is 29.9 Å². The van der Waals surface area contributed by atoms with Crippen LogP contribution in [0.5, 0.6) is 0 Å². The summed E-state index contributed by atoms with van der Waals surface area (Å²) in [4.78, 5) is 17.0. The number of halogens is 1. The molecule has 0 spiro atoms. The van der Waals surface area contributed by atoms with Gasteiger partial charge in [-0.25, -0.2) is 0 Å². The van der Waals surface area contributed by atoms with Crippen molar-refractivity contribution in [1.29, 1.82) is 0 Å². The molecule has 4 heteroatoms. The van der Waals surface area contributed by atoms with Gasteiger partial charge in [0.25, 0.3) is 0 Å². The van der Waals surface area contributed by atoms with Gasteiger partial charge in [0.05, 0.1) is 0 Å². The van der Waals surface area contributed by atoms with E-state index in [-0.39, 0.29) is 11.4 Å². The lowest BCUT2D eigenvalue weighted by atomic mass is 9.78. The highest BCUT2D eigenvalue weighted by Gasteiger charge is 2.37. The second kappa shape index (κ2) is 5.06. The van der Waals surface area contributed by atoms with Crippen molar-refractivity contribution in [2.75, 3.05) is 6.54 Å². The molecule has 1 amide bonds. The number of nitrogens with zero attached hydrogens (tertiary/aromatic N) is 1. The van der Waals surface area contributed by atoms with E-state index in [1.807, 2.05) is 17.2 Å².